The van der Waals surface area contributed by atoms with Crippen LogP contribution in [0.25, 0.3) is 0 Å². The van der Waals surface area contributed by atoms with Crippen LogP contribution < -0.4 is 10.1 Å². The fourth-order valence-electron chi connectivity index (χ4n) is 1.85. The lowest BCUT2D eigenvalue weighted by molar-refractivity contribution is 0.470. The van der Waals surface area contributed by atoms with Gasteiger partial charge in [-0.1, -0.05) is 22.9 Å². The van der Waals surface area contributed by atoms with Gasteiger partial charge in [0.15, 0.2) is 0 Å². The summed E-state index contributed by atoms with van der Waals surface area (Å²) in [5.74, 6) is 1.06. The van der Waals surface area contributed by atoms with Crippen molar-refractivity contribution in [2.24, 2.45) is 0 Å². The van der Waals surface area contributed by atoms with Gasteiger partial charge in [-0.05, 0) is 65.3 Å². The van der Waals surface area contributed by atoms with Crippen LogP contribution in [0.5, 0.6) is 11.5 Å². The summed E-state index contributed by atoms with van der Waals surface area (Å²) in [5.41, 5.74) is 1.05. The van der Waals surface area contributed by atoms with Crippen molar-refractivity contribution >= 4 is 31.9 Å². The molecule has 0 heterocycles. The van der Waals surface area contributed by atoms with Crippen LogP contribution >= 0.6 is 31.9 Å². The fourth-order valence-corrected chi connectivity index (χ4v) is 2.62. The van der Waals surface area contributed by atoms with Gasteiger partial charge >= 0.3 is 0 Å². The quantitative estimate of drug-likeness (QED) is 0.615. The lowest BCUT2D eigenvalue weighted by Crippen LogP contribution is -2.14. The molecule has 112 valence electrons. The molecule has 2 rings (SSSR count). The molecule has 21 heavy (non-hydrogen) atoms. The van der Waals surface area contributed by atoms with Crippen molar-refractivity contribution in [1.29, 1.82) is 0 Å². The van der Waals surface area contributed by atoms with Gasteiger partial charge in [-0.15, -0.1) is 0 Å². The van der Waals surface area contributed by atoms with E-state index in [9.17, 15) is 4.39 Å². The first-order chi connectivity index (χ1) is 10.1. The molecule has 0 aromatic heterocycles. The molecule has 0 saturated heterocycles. The Kier molecular flexibility index (Phi) is 6.21. The van der Waals surface area contributed by atoms with Crippen molar-refractivity contribution in [2.75, 3.05) is 6.54 Å². The van der Waals surface area contributed by atoms with Gasteiger partial charge in [-0.25, -0.2) is 4.39 Å². The van der Waals surface area contributed by atoms with Crippen LogP contribution in [-0.4, -0.2) is 6.54 Å². The molecule has 2 aromatic carbocycles. The van der Waals surface area contributed by atoms with Crippen molar-refractivity contribution in [2.45, 2.75) is 19.9 Å². The van der Waals surface area contributed by atoms with E-state index in [-0.39, 0.29) is 5.82 Å². The average Bonchev–Trinajstić information content (AvgIpc) is 2.46. The summed E-state index contributed by atoms with van der Waals surface area (Å²) >= 11 is 6.64. The number of rotatable bonds is 6. The Balaban J connectivity index is 2.19. The van der Waals surface area contributed by atoms with Crippen molar-refractivity contribution in [3.05, 3.63) is 56.7 Å². The topological polar surface area (TPSA) is 21.3 Å². The van der Waals surface area contributed by atoms with Crippen LogP contribution in [0, 0.1) is 5.82 Å². The zero-order valence-electron chi connectivity index (χ0n) is 11.6. The first kappa shape index (κ1) is 16.5. The SMILES string of the molecule is CCCNCc1cc(Br)ccc1Oc1ccc(F)c(Br)c1. The van der Waals surface area contributed by atoms with Crippen LogP contribution in [0.4, 0.5) is 4.39 Å². The molecule has 0 amide bonds. The van der Waals surface area contributed by atoms with E-state index in [0.717, 1.165) is 35.3 Å². The minimum absolute atomic E-state index is 0.303. The second-order valence-corrected chi connectivity index (χ2v) is 6.38. The number of benzene rings is 2. The molecule has 0 aliphatic heterocycles. The van der Waals surface area contributed by atoms with E-state index in [1.54, 1.807) is 12.1 Å². The number of halogens is 3. The lowest BCUT2D eigenvalue weighted by Gasteiger charge is -2.13. The summed E-state index contributed by atoms with van der Waals surface area (Å²) in [6.07, 6.45) is 1.08. The van der Waals surface area contributed by atoms with E-state index in [2.05, 4.69) is 44.1 Å². The standard InChI is InChI=1S/C16H16Br2FNO/c1-2-7-20-10-11-8-12(17)3-6-16(11)21-13-4-5-15(19)14(18)9-13/h3-6,8-9,20H,2,7,10H2,1H3. The van der Waals surface area contributed by atoms with Crippen LogP contribution in [-0.2, 0) is 6.54 Å². The molecule has 5 heteroatoms. The second kappa shape index (κ2) is 7.92. The molecule has 0 radical (unpaired) electrons. The first-order valence-electron chi connectivity index (χ1n) is 6.72. The molecule has 0 saturated carbocycles. The summed E-state index contributed by atoms with van der Waals surface area (Å²) in [6, 6.07) is 10.5. The monoisotopic (exact) mass is 415 g/mol. The molecule has 0 unspecified atom stereocenters. The van der Waals surface area contributed by atoms with Gasteiger partial charge < -0.3 is 10.1 Å². The van der Waals surface area contributed by atoms with Crippen LogP contribution in [0.1, 0.15) is 18.9 Å². The first-order valence-corrected chi connectivity index (χ1v) is 8.31. The van der Waals surface area contributed by atoms with Gasteiger partial charge in [0.1, 0.15) is 17.3 Å². The Morgan fingerprint density at radius 3 is 2.67 bits per heavy atom. The largest absolute Gasteiger partial charge is 0.457 e. The molecule has 0 fully saturated rings. The molecule has 0 aliphatic carbocycles. The molecule has 1 N–H and O–H groups in total. The Bertz CT molecular complexity index is 619. The molecule has 2 nitrogen and oxygen atoms in total. The summed E-state index contributed by atoms with van der Waals surface area (Å²) in [7, 11) is 0. The van der Waals surface area contributed by atoms with E-state index in [0.29, 0.717) is 10.2 Å². The van der Waals surface area contributed by atoms with Crippen LogP contribution in [0.2, 0.25) is 0 Å². The summed E-state index contributed by atoms with van der Waals surface area (Å²) in [4.78, 5) is 0. The zero-order valence-corrected chi connectivity index (χ0v) is 14.8. The van der Waals surface area contributed by atoms with Gasteiger partial charge in [0.05, 0.1) is 4.47 Å². The highest BCUT2D eigenvalue weighted by Gasteiger charge is 2.07. The molecule has 0 atom stereocenters. The van der Waals surface area contributed by atoms with Gasteiger partial charge in [-0.2, -0.15) is 0 Å². The predicted molar refractivity (Wildman–Crippen MR) is 90.3 cm³/mol. The van der Waals surface area contributed by atoms with E-state index in [4.69, 9.17) is 4.74 Å². The highest BCUT2D eigenvalue weighted by molar-refractivity contribution is 9.10. The maximum Gasteiger partial charge on any atom is 0.137 e. The van der Waals surface area contributed by atoms with E-state index >= 15 is 0 Å². The van der Waals surface area contributed by atoms with E-state index in [1.807, 2.05) is 18.2 Å². The van der Waals surface area contributed by atoms with E-state index in [1.165, 1.54) is 6.07 Å². The van der Waals surface area contributed by atoms with Crippen molar-refractivity contribution in [3.8, 4) is 11.5 Å². The molecule has 0 bridgehead atoms. The van der Waals surface area contributed by atoms with Crippen molar-refractivity contribution < 1.29 is 9.13 Å². The Morgan fingerprint density at radius 2 is 1.95 bits per heavy atom. The number of nitrogens with one attached hydrogen (secondary N) is 1. The zero-order chi connectivity index (χ0) is 15.2. The minimum Gasteiger partial charge on any atom is -0.457 e. The highest BCUT2D eigenvalue weighted by Crippen LogP contribution is 2.30. The third kappa shape index (κ3) is 4.80. The third-order valence-electron chi connectivity index (χ3n) is 2.88. The third-order valence-corrected chi connectivity index (χ3v) is 3.98. The Hall–Kier alpha value is -0.910. The normalized spacial score (nSPS) is 10.7. The molecule has 0 aliphatic rings. The van der Waals surface area contributed by atoms with Gasteiger partial charge in [0, 0.05) is 16.6 Å². The lowest BCUT2D eigenvalue weighted by atomic mass is 10.2. The van der Waals surface area contributed by atoms with E-state index < -0.39 is 0 Å². The molecule has 0 spiro atoms. The van der Waals surface area contributed by atoms with Crippen molar-refractivity contribution in [1.82, 2.24) is 5.32 Å². The molecule has 2 aromatic rings. The number of hydrogen-bond donors (Lipinski definition) is 1. The summed E-state index contributed by atoms with van der Waals surface area (Å²) in [6.45, 7) is 3.81. The van der Waals surface area contributed by atoms with Gasteiger partial charge in [0.25, 0.3) is 0 Å². The number of hydrogen-bond acceptors (Lipinski definition) is 2. The summed E-state index contributed by atoms with van der Waals surface area (Å²) in [5, 5.41) is 3.36. The van der Waals surface area contributed by atoms with Gasteiger partial charge in [0.2, 0.25) is 0 Å². The van der Waals surface area contributed by atoms with Crippen LogP contribution in [0.3, 0.4) is 0 Å². The Labute approximate surface area is 141 Å². The fraction of sp³-hybridized carbons (Fsp3) is 0.250. The minimum atomic E-state index is -0.303. The van der Waals surface area contributed by atoms with Crippen LogP contribution in [0.15, 0.2) is 45.3 Å². The number of ether oxygens (including phenoxy) is 1. The van der Waals surface area contributed by atoms with Crippen molar-refractivity contribution in [3.63, 3.8) is 0 Å². The van der Waals surface area contributed by atoms with Gasteiger partial charge in [-0.3, -0.25) is 0 Å². The summed E-state index contributed by atoms with van der Waals surface area (Å²) < 4.78 is 20.5. The molecular weight excluding hydrogens is 401 g/mol. The second-order valence-electron chi connectivity index (χ2n) is 4.61. The Morgan fingerprint density at radius 1 is 1.14 bits per heavy atom. The highest BCUT2D eigenvalue weighted by atomic mass is 79.9. The smallest absolute Gasteiger partial charge is 0.137 e. The maximum atomic E-state index is 13.3. The average molecular weight is 417 g/mol. The maximum absolute atomic E-state index is 13.3. The molecular formula is C16H16Br2FNO. The predicted octanol–water partition coefficient (Wildman–Crippen LogP) is 5.64.